The largest absolute Gasteiger partial charge is 0.379 e. The van der Waals surface area contributed by atoms with Crippen molar-refractivity contribution in [3.05, 3.63) is 71.8 Å². The van der Waals surface area contributed by atoms with E-state index >= 15 is 0 Å². The van der Waals surface area contributed by atoms with E-state index in [4.69, 9.17) is 4.74 Å². The summed E-state index contributed by atoms with van der Waals surface area (Å²) in [6.07, 6.45) is 0.579. The van der Waals surface area contributed by atoms with Gasteiger partial charge in [-0.05, 0) is 18.1 Å². The molecule has 0 N–H and O–H groups in total. The summed E-state index contributed by atoms with van der Waals surface area (Å²) in [6, 6.07) is 21.0. The maximum absolute atomic E-state index is 12.9. The van der Waals surface area contributed by atoms with E-state index in [1.807, 2.05) is 23.1 Å². The maximum atomic E-state index is 12.9. The Bertz CT molecular complexity index is 764. The van der Waals surface area contributed by atoms with E-state index in [1.54, 1.807) is 0 Å². The number of ether oxygens (including phenoxy) is 1. The van der Waals surface area contributed by atoms with Crippen molar-refractivity contribution in [3.63, 3.8) is 0 Å². The summed E-state index contributed by atoms with van der Waals surface area (Å²) in [5, 5.41) is 0. The third-order valence-corrected chi connectivity index (χ3v) is 5.87. The van der Waals surface area contributed by atoms with Gasteiger partial charge in [0.1, 0.15) is 0 Å². The van der Waals surface area contributed by atoms with Crippen molar-refractivity contribution in [2.45, 2.75) is 25.9 Å². The monoisotopic (exact) mass is 364 g/mol. The van der Waals surface area contributed by atoms with Crippen LogP contribution < -0.4 is 0 Å². The summed E-state index contributed by atoms with van der Waals surface area (Å²) < 4.78 is 5.96. The summed E-state index contributed by atoms with van der Waals surface area (Å²) in [4.78, 5) is 17.4. The molecule has 2 saturated heterocycles. The van der Waals surface area contributed by atoms with Crippen LogP contribution in [0.1, 0.15) is 30.5 Å². The van der Waals surface area contributed by atoms with Crippen molar-refractivity contribution in [1.82, 2.24) is 9.80 Å². The van der Waals surface area contributed by atoms with E-state index < -0.39 is 0 Å². The molecule has 2 aromatic carbocycles. The maximum Gasteiger partial charge on any atom is 0.223 e. The zero-order chi connectivity index (χ0) is 18.7. The van der Waals surface area contributed by atoms with Crippen LogP contribution in [0.4, 0.5) is 0 Å². The van der Waals surface area contributed by atoms with Crippen LogP contribution in [-0.4, -0.2) is 48.6 Å². The van der Waals surface area contributed by atoms with Crippen LogP contribution in [-0.2, 0) is 16.1 Å². The number of nitrogens with zero attached hydrogens (tertiary/aromatic N) is 2. The summed E-state index contributed by atoms with van der Waals surface area (Å²) in [5.74, 6) is 0.247. The molecule has 27 heavy (non-hydrogen) atoms. The molecule has 4 heteroatoms. The summed E-state index contributed by atoms with van der Waals surface area (Å²) in [6.45, 7) is 7.04. The molecule has 0 bridgehead atoms. The highest BCUT2D eigenvalue weighted by atomic mass is 16.5. The zero-order valence-corrected chi connectivity index (χ0v) is 16.0. The number of amides is 1. The first-order chi connectivity index (χ1) is 13.2. The number of likely N-dealkylation sites (tertiary alicyclic amines) is 1. The van der Waals surface area contributed by atoms with Crippen LogP contribution in [0.2, 0.25) is 0 Å². The minimum absolute atomic E-state index is 0.101. The number of hydrogen-bond acceptors (Lipinski definition) is 3. The Labute approximate surface area is 161 Å². The summed E-state index contributed by atoms with van der Waals surface area (Å²) in [5.41, 5.74) is 2.40. The number of hydrogen-bond donors (Lipinski definition) is 0. The Kier molecular flexibility index (Phi) is 5.28. The quantitative estimate of drug-likeness (QED) is 0.832. The van der Waals surface area contributed by atoms with E-state index in [0.29, 0.717) is 13.0 Å². The highest BCUT2D eigenvalue weighted by molar-refractivity contribution is 5.80. The van der Waals surface area contributed by atoms with E-state index in [1.165, 1.54) is 11.1 Å². The van der Waals surface area contributed by atoms with Crippen LogP contribution in [0, 0.1) is 5.41 Å². The number of carbonyl (C=O) groups excluding carboxylic acids is 1. The van der Waals surface area contributed by atoms with Crippen molar-refractivity contribution in [2.24, 2.45) is 5.41 Å². The van der Waals surface area contributed by atoms with Gasteiger partial charge in [-0.1, -0.05) is 60.7 Å². The minimum Gasteiger partial charge on any atom is -0.379 e. The second-order valence-corrected chi connectivity index (χ2v) is 8.03. The molecule has 2 heterocycles. The van der Waals surface area contributed by atoms with Crippen molar-refractivity contribution in [2.75, 3.05) is 32.8 Å². The molecule has 2 atom stereocenters. The van der Waals surface area contributed by atoms with Gasteiger partial charge in [0, 0.05) is 38.0 Å². The fraction of sp³-hybridized carbons (Fsp3) is 0.435. The minimum atomic E-state index is -0.106. The van der Waals surface area contributed by atoms with E-state index in [9.17, 15) is 4.79 Å². The second-order valence-electron chi connectivity index (χ2n) is 8.03. The third kappa shape index (κ3) is 4.07. The van der Waals surface area contributed by atoms with Crippen LogP contribution in [0.5, 0.6) is 0 Å². The fourth-order valence-corrected chi connectivity index (χ4v) is 4.45. The molecule has 2 aliphatic rings. The Balaban J connectivity index is 1.49. The first-order valence-corrected chi connectivity index (χ1v) is 9.84. The van der Waals surface area contributed by atoms with Gasteiger partial charge in [0.25, 0.3) is 0 Å². The molecule has 0 radical (unpaired) electrons. The molecule has 0 aromatic heterocycles. The molecular weight excluding hydrogens is 336 g/mol. The molecule has 1 spiro atoms. The van der Waals surface area contributed by atoms with E-state index in [0.717, 1.165) is 32.8 Å². The highest BCUT2D eigenvalue weighted by Crippen LogP contribution is 2.38. The molecule has 2 fully saturated rings. The van der Waals surface area contributed by atoms with Gasteiger partial charge < -0.3 is 9.64 Å². The lowest BCUT2D eigenvalue weighted by molar-refractivity contribution is -0.129. The molecule has 2 aliphatic heterocycles. The second kappa shape index (κ2) is 7.83. The SMILES string of the molecule is CC(c1ccccc1)N1CC2(COCCN(Cc3ccccc3)C2)CC1=O. The van der Waals surface area contributed by atoms with Gasteiger partial charge in [0.2, 0.25) is 5.91 Å². The van der Waals surface area contributed by atoms with Gasteiger partial charge in [-0.3, -0.25) is 9.69 Å². The Morgan fingerprint density at radius 1 is 1.04 bits per heavy atom. The molecule has 2 unspecified atom stereocenters. The zero-order valence-electron chi connectivity index (χ0n) is 16.0. The van der Waals surface area contributed by atoms with Crippen molar-refractivity contribution in [1.29, 1.82) is 0 Å². The van der Waals surface area contributed by atoms with Crippen molar-refractivity contribution in [3.8, 4) is 0 Å². The normalized spacial score (nSPS) is 24.9. The van der Waals surface area contributed by atoms with Crippen LogP contribution >= 0.6 is 0 Å². The number of carbonyl (C=O) groups is 1. The third-order valence-electron chi connectivity index (χ3n) is 5.87. The lowest BCUT2D eigenvalue weighted by atomic mass is 9.87. The van der Waals surface area contributed by atoms with Gasteiger partial charge >= 0.3 is 0 Å². The van der Waals surface area contributed by atoms with E-state index in [-0.39, 0.29) is 17.4 Å². The average Bonchev–Trinajstić information content (AvgIpc) is 2.89. The lowest BCUT2D eigenvalue weighted by Crippen LogP contribution is -2.40. The summed E-state index contributed by atoms with van der Waals surface area (Å²) >= 11 is 0. The predicted molar refractivity (Wildman–Crippen MR) is 106 cm³/mol. The van der Waals surface area contributed by atoms with Gasteiger partial charge in [-0.25, -0.2) is 0 Å². The molecule has 2 aromatic rings. The summed E-state index contributed by atoms with van der Waals surface area (Å²) in [7, 11) is 0. The predicted octanol–water partition coefficient (Wildman–Crippen LogP) is 3.50. The molecule has 4 rings (SSSR count). The Hall–Kier alpha value is -2.17. The van der Waals surface area contributed by atoms with Gasteiger partial charge in [0.15, 0.2) is 0 Å². The van der Waals surface area contributed by atoms with Gasteiger partial charge in [0.05, 0.1) is 19.3 Å². The smallest absolute Gasteiger partial charge is 0.223 e. The van der Waals surface area contributed by atoms with Crippen LogP contribution in [0.25, 0.3) is 0 Å². The van der Waals surface area contributed by atoms with Crippen molar-refractivity contribution >= 4 is 5.91 Å². The van der Waals surface area contributed by atoms with Gasteiger partial charge in [-0.15, -0.1) is 0 Å². The molecule has 4 nitrogen and oxygen atoms in total. The van der Waals surface area contributed by atoms with E-state index in [2.05, 4.69) is 54.3 Å². The Morgan fingerprint density at radius 3 is 2.48 bits per heavy atom. The van der Waals surface area contributed by atoms with Crippen molar-refractivity contribution < 1.29 is 9.53 Å². The first kappa shape index (κ1) is 18.2. The lowest BCUT2D eigenvalue weighted by Gasteiger charge is -2.33. The Morgan fingerprint density at radius 2 is 1.74 bits per heavy atom. The molecule has 142 valence electrons. The molecule has 0 aliphatic carbocycles. The first-order valence-electron chi connectivity index (χ1n) is 9.84. The topological polar surface area (TPSA) is 32.8 Å². The van der Waals surface area contributed by atoms with Gasteiger partial charge in [-0.2, -0.15) is 0 Å². The molecule has 1 amide bonds. The molecular formula is C23H28N2O2. The standard InChI is InChI=1S/C23H28N2O2/c1-19(21-10-6-3-7-11-21)25-17-23(14-22(25)26)16-24(12-13-27-18-23)15-20-8-4-2-5-9-20/h2-11,19H,12-18H2,1H3. The van der Waals surface area contributed by atoms with Crippen LogP contribution in [0.3, 0.4) is 0 Å². The number of rotatable bonds is 4. The molecule has 0 saturated carbocycles. The fourth-order valence-electron chi connectivity index (χ4n) is 4.45. The number of benzene rings is 2. The average molecular weight is 364 g/mol. The highest BCUT2D eigenvalue weighted by Gasteiger charge is 2.46. The van der Waals surface area contributed by atoms with Crippen LogP contribution in [0.15, 0.2) is 60.7 Å².